The summed E-state index contributed by atoms with van der Waals surface area (Å²) in [5, 5.41) is 0. The third-order valence-corrected chi connectivity index (χ3v) is 7.04. The van der Waals surface area contributed by atoms with E-state index in [1.165, 1.54) is 29.9 Å². The molecular weight excluding hydrogens is 536 g/mol. The molecule has 11 heteroatoms. The number of carbonyl (C=O) groups is 2. The molecule has 0 amide bonds. The number of thiazole rings is 1. The van der Waals surface area contributed by atoms with Crippen molar-refractivity contribution in [2.24, 2.45) is 4.99 Å². The highest BCUT2D eigenvalue weighted by molar-refractivity contribution is 7.07. The minimum Gasteiger partial charge on any atom is -0.493 e. The Bertz CT molecular complexity index is 1670. The number of allylic oxidation sites excluding steroid dienone is 1. The summed E-state index contributed by atoms with van der Waals surface area (Å²) in [5.41, 5.74) is 1.68. The number of fused-ring (bicyclic) bond motifs is 1. The number of aromatic nitrogens is 1. The standard InChI is InChI=1S/C29H30N2O8S/c1-7-37-23-15-19(10-12-20(23)35-5)26-25(28(34)38-8-2)16(3)30-29-31(26)27(33)24(40-29)14-18-9-11-21(39-17(4)32)22(13-18)36-6/h9-15,26H,7-8H2,1-6H3/b24-14-/t26-/m1/s1. The summed E-state index contributed by atoms with van der Waals surface area (Å²) in [6.07, 6.45) is 1.70. The lowest BCUT2D eigenvalue weighted by atomic mass is 9.95. The van der Waals surface area contributed by atoms with Crippen LogP contribution in [0.25, 0.3) is 6.08 Å². The third-order valence-electron chi connectivity index (χ3n) is 6.06. The molecular formula is C29H30N2O8S. The second-order valence-electron chi connectivity index (χ2n) is 8.65. The van der Waals surface area contributed by atoms with Gasteiger partial charge in [0.05, 0.1) is 49.3 Å². The van der Waals surface area contributed by atoms with Crippen molar-refractivity contribution in [2.45, 2.75) is 33.7 Å². The van der Waals surface area contributed by atoms with Crippen molar-refractivity contribution < 1.29 is 33.3 Å². The average molecular weight is 567 g/mol. The Morgan fingerprint density at radius 3 is 2.38 bits per heavy atom. The van der Waals surface area contributed by atoms with Crippen LogP contribution in [0.5, 0.6) is 23.0 Å². The average Bonchev–Trinajstić information content (AvgIpc) is 3.22. The van der Waals surface area contributed by atoms with Crippen molar-refractivity contribution in [1.29, 1.82) is 0 Å². The molecule has 210 valence electrons. The number of carbonyl (C=O) groups excluding carboxylic acids is 2. The van der Waals surface area contributed by atoms with Gasteiger partial charge in [-0.1, -0.05) is 23.5 Å². The Labute approximate surface area is 234 Å². The Balaban J connectivity index is 1.92. The second-order valence-corrected chi connectivity index (χ2v) is 9.66. The Hall–Kier alpha value is -4.38. The SMILES string of the molecule is CCOC(=O)C1=C(C)N=c2s/c(=C\c3ccc(OC(C)=O)c(OC)c3)c(=O)n2[C@@H]1c1ccc(OC)c(OCC)c1. The molecule has 1 aliphatic rings. The lowest BCUT2D eigenvalue weighted by Gasteiger charge is -2.25. The molecule has 1 aliphatic heterocycles. The van der Waals surface area contributed by atoms with Gasteiger partial charge in [-0.3, -0.25) is 14.2 Å². The van der Waals surface area contributed by atoms with Crippen LogP contribution in [-0.4, -0.2) is 43.9 Å². The summed E-state index contributed by atoms with van der Waals surface area (Å²) in [7, 11) is 3.01. The van der Waals surface area contributed by atoms with E-state index in [0.717, 1.165) is 0 Å². The first-order chi connectivity index (χ1) is 19.2. The van der Waals surface area contributed by atoms with Crippen LogP contribution < -0.4 is 33.8 Å². The van der Waals surface area contributed by atoms with Crippen LogP contribution in [0.15, 0.2) is 57.5 Å². The number of benzene rings is 2. The molecule has 0 saturated carbocycles. The van der Waals surface area contributed by atoms with E-state index in [-0.39, 0.29) is 23.5 Å². The van der Waals surface area contributed by atoms with E-state index in [1.54, 1.807) is 63.4 Å². The van der Waals surface area contributed by atoms with Crippen molar-refractivity contribution in [1.82, 2.24) is 4.57 Å². The summed E-state index contributed by atoms with van der Waals surface area (Å²) >= 11 is 1.20. The van der Waals surface area contributed by atoms with Crippen molar-refractivity contribution in [3.05, 3.63) is 78.5 Å². The van der Waals surface area contributed by atoms with E-state index in [1.807, 2.05) is 6.92 Å². The fraction of sp³-hybridized carbons (Fsp3) is 0.310. The first-order valence-electron chi connectivity index (χ1n) is 12.6. The second kappa shape index (κ2) is 12.2. The van der Waals surface area contributed by atoms with Crippen LogP contribution in [0.1, 0.15) is 44.9 Å². The molecule has 0 spiro atoms. The molecule has 4 rings (SSSR count). The minimum absolute atomic E-state index is 0.171. The van der Waals surface area contributed by atoms with Gasteiger partial charge in [-0.05, 0) is 62.2 Å². The molecule has 2 heterocycles. The smallest absolute Gasteiger partial charge is 0.338 e. The van der Waals surface area contributed by atoms with Crippen molar-refractivity contribution in [3.8, 4) is 23.0 Å². The van der Waals surface area contributed by atoms with Gasteiger partial charge in [-0.2, -0.15) is 0 Å². The van der Waals surface area contributed by atoms with E-state index in [0.29, 0.717) is 50.0 Å². The summed E-state index contributed by atoms with van der Waals surface area (Å²) in [6.45, 7) is 7.18. The highest BCUT2D eigenvalue weighted by Gasteiger charge is 2.34. The number of hydrogen-bond donors (Lipinski definition) is 0. The normalized spacial score (nSPS) is 14.8. The topological polar surface area (TPSA) is 115 Å². The van der Waals surface area contributed by atoms with Crippen LogP contribution in [0.2, 0.25) is 0 Å². The van der Waals surface area contributed by atoms with Gasteiger partial charge in [0.25, 0.3) is 5.56 Å². The summed E-state index contributed by atoms with van der Waals surface area (Å²) < 4.78 is 29.0. The lowest BCUT2D eigenvalue weighted by molar-refractivity contribution is -0.139. The summed E-state index contributed by atoms with van der Waals surface area (Å²) in [6, 6.07) is 9.47. The van der Waals surface area contributed by atoms with Gasteiger partial charge in [-0.25, -0.2) is 9.79 Å². The molecule has 2 aromatic carbocycles. The van der Waals surface area contributed by atoms with E-state index < -0.39 is 18.0 Å². The fourth-order valence-corrected chi connectivity index (χ4v) is 5.45. The Morgan fingerprint density at radius 2 is 1.73 bits per heavy atom. The molecule has 3 aromatic rings. The van der Waals surface area contributed by atoms with Crippen LogP contribution in [0, 0.1) is 0 Å². The van der Waals surface area contributed by atoms with Gasteiger partial charge in [0.2, 0.25) is 0 Å². The van der Waals surface area contributed by atoms with Crippen molar-refractivity contribution >= 4 is 29.4 Å². The third kappa shape index (κ3) is 5.64. The Kier molecular flexibility index (Phi) is 8.73. The zero-order chi connectivity index (χ0) is 29.0. The molecule has 0 unspecified atom stereocenters. The summed E-state index contributed by atoms with van der Waals surface area (Å²) in [4.78, 5) is 43.5. The van der Waals surface area contributed by atoms with E-state index in [4.69, 9.17) is 23.7 Å². The predicted octanol–water partition coefficient (Wildman–Crippen LogP) is 3.14. The first-order valence-corrected chi connectivity index (χ1v) is 13.4. The highest BCUT2D eigenvalue weighted by Crippen LogP contribution is 2.36. The molecule has 0 aliphatic carbocycles. The van der Waals surface area contributed by atoms with Crippen LogP contribution in [0.3, 0.4) is 0 Å². The van der Waals surface area contributed by atoms with Gasteiger partial charge < -0.3 is 23.7 Å². The van der Waals surface area contributed by atoms with E-state index in [2.05, 4.69) is 4.99 Å². The fourth-order valence-electron chi connectivity index (χ4n) is 4.40. The molecule has 10 nitrogen and oxygen atoms in total. The molecule has 1 atom stereocenters. The first kappa shape index (κ1) is 28.6. The molecule has 0 fully saturated rings. The van der Waals surface area contributed by atoms with Crippen LogP contribution in [-0.2, 0) is 14.3 Å². The van der Waals surface area contributed by atoms with Gasteiger partial charge in [0.15, 0.2) is 27.8 Å². The quantitative estimate of drug-likeness (QED) is 0.287. The molecule has 1 aromatic heterocycles. The number of esters is 2. The molecule has 0 bridgehead atoms. The number of rotatable bonds is 9. The zero-order valence-electron chi connectivity index (χ0n) is 23.1. The zero-order valence-corrected chi connectivity index (χ0v) is 23.9. The maximum absolute atomic E-state index is 13.9. The number of methoxy groups -OCH3 is 2. The number of hydrogen-bond acceptors (Lipinski definition) is 10. The van der Waals surface area contributed by atoms with Gasteiger partial charge in [0.1, 0.15) is 0 Å². The van der Waals surface area contributed by atoms with Crippen LogP contribution >= 0.6 is 11.3 Å². The predicted molar refractivity (Wildman–Crippen MR) is 149 cm³/mol. The van der Waals surface area contributed by atoms with Gasteiger partial charge in [0, 0.05) is 6.92 Å². The monoisotopic (exact) mass is 566 g/mol. The molecule has 40 heavy (non-hydrogen) atoms. The van der Waals surface area contributed by atoms with Crippen LogP contribution in [0.4, 0.5) is 0 Å². The van der Waals surface area contributed by atoms with E-state index >= 15 is 0 Å². The molecule has 0 radical (unpaired) electrons. The summed E-state index contributed by atoms with van der Waals surface area (Å²) in [5.74, 6) is 0.607. The van der Waals surface area contributed by atoms with Gasteiger partial charge >= 0.3 is 11.9 Å². The minimum atomic E-state index is -0.802. The molecule has 0 saturated heterocycles. The Morgan fingerprint density at radius 1 is 1.00 bits per heavy atom. The largest absolute Gasteiger partial charge is 0.493 e. The number of ether oxygens (including phenoxy) is 5. The van der Waals surface area contributed by atoms with Crippen molar-refractivity contribution in [3.63, 3.8) is 0 Å². The highest BCUT2D eigenvalue weighted by atomic mass is 32.1. The van der Waals surface area contributed by atoms with E-state index in [9.17, 15) is 14.4 Å². The maximum atomic E-state index is 13.9. The molecule has 0 N–H and O–H groups in total. The number of nitrogens with zero attached hydrogens (tertiary/aromatic N) is 2. The lowest BCUT2D eigenvalue weighted by Crippen LogP contribution is -2.40. The van der Waals surface area contributed by atoms with Gasteiger partial charge in [-0.15, -0.1) is 0 Å². The maximum Gasteiger partial charge on any atom is 0.338 e. The van der Waals surface area contributed by atoms with Crippen molar-refractivity contribution in [2.75, 3.05) is 27.4 Å².